The number of halogens is 2. The van der Waals surface area contributed by atoms with Crippen molar-refractivity contribution in [3.05, 3.63) is 64.3 Å². The number of benzene rings is 2. The minimum absolute atomic E-state index is 0.197. The monoisotopic (exact) mass is 527 g/mol. The Morgan fingerprint density at radius 2 is 1.72 bits per heavy atom. The number of rotatable bonds is 6. The predicted octanol–water partition coefficient (Wildman–Crippen LogP) is 3.70. The number of aliphatic hydroxyl groups excluding tert-OH is 1. The van der Waals surface area contributed by atoms with E-state index in [-0.39, 0.29) is 19.2 Å². The number of fused-ring (bicyclic) bond motifs is 1. The van der Waals surface area contributed by atoms with Crippen molar-refractivity contribution < 1.29 is 9.90 Å². The first-order valence-electron chi connectivity index (χ1n) is 11.7. The van der Waals surface area contributed by atoms with Crippen molar-refractivity contribution >= 4 is 57.9 Å². The molecular formula is C25H27Cl2N7O2. The van der Waals surface area contributed by atoms with Crippen LogP contribution in [-0.4, -0.2) is 78.9 Å². The van der Waals surface area contributed by atoms with E-state index in [2.05, 4.69) is 37.2 Å². The van der Waals surface area contributed by atoms with Gasteiger partial charge < -0.3 is 20.2 Å². The van der Waals surface area contributed by atoms with Crippen molar-refractivity contribution in [2.75, 3.05) is 73.1 Å². The zero-order valence-corrected chi connectivity index (χ0v) is 21.4. The number of hydrogen-bond donors (Lipinski definition) is 2. The molecule has 5 rings (SSSR count). The summed E-state index contributed by atoms with van der Waals surface area (Å²) in [5.41, 5.74) is 2.85. The summed E-state index contributed by atoms with van der Waals surface area (Å²) in [5.74, 6) is 0.686. The van der Waals surface area contributed by atoms with E-state index >= 15 is 0 Å². The molecule has 9 nitrogen and oxygen atoms in total. The summed E-state index contributed by atoms with van der Waals surface area (Å²) in [5, 5.41) is 13.2. The lowest BCUT2D eigenvalue weighted by Gasteiger charge is -2.36. The van der Waals surface area contributed by atoms with Crippen LogP contribution in [0.1, 0.15) is 10.4 Å². The number of amides is 1. The molecule has 1 fully saturated rings. The SMILES string of the molecule is CN1CN(c2c(Cl)cccc2Cl)C(=O)c2cnc(Nc3ccc(N4CCN(CCO)CC4)cc3)nc21. The van der Waals surface area contributed by atoms with Gasteiger partial charge in [-0.3, -0.25) is 14.6 Å². The molecule has 0 unspecified atom stereocenters. The van der Waals surface area contributed by atoms with Gasteiger partial charge in [0.05, 0.1) is 29.0 Å². The Hall–Kier alpha value is -3.11. The van der Waals surface area contributed by atoms with Gasteiger partial charge in [0.2, 0.25) is 5.95 Å². The summed E-state index contributed by atoms with van der Waals surface area (Å²) >= 11 is 12.7. The highest BCUT2D eigenvalue weighted by molar-refractivity contribution is 6.40. The van der Waals surface area contributed by atoms with E-state index in [1.54, 1.807) is 18.2 Å². The third kappa shape index (κ3) is 4.92. The van der Waals surface area contributed by atoms with E-state index in [0.717, 1.165) is 44.1 Å². The molecule has 0 saturated carbocycles. The van der Waals surface area contributed by atoms with Crippen molar-refractivity contribution in [2.45, 2.75) is 0 Å². The molecule has 1 amide bonds. The first-order valence-corrected chi connectivity index (χ1v) is 12.5. The molecular weight excluding hydrogens is 501 g/mol. The summed E-state index contributed by atoms with van der Waals surface area (Å²) in [6, 6.07) is 13.3. The fourth-order valence-corrected chi connectivity index (χ4v) is 5.14. The number of carbonyl (C=O) groups is 1. The number of nitrogens with one attached hydrogen (secondary N) is 1. The van der Waals surface area contributed by atoms with Gasteiger partial charge in [0.25, 0.3) is 5.91 Å². The molecule has 1 aromatic heterocycles. The second-order valence-electron chi connectivity index (χ2n) is 8.80. The van der Waals surface area contributed by atoms with E-state index in [1.165, 1.54) is 11.1 Å². The molecule has 2 aliphatic heterocycles. The number of para-hydroxylation sites is 1. The summed E-state index contributed by atoms with van der Waals surface area (Å²) < 4.78 is 0. The molecule has 3 heterocycles. The Kier molecular flexibility index (Phi) is 7.15. The van der Waals surface area contributed by atoms with Crippen LogP contribution in [0.3, 0.4) is 0 Å². The van der Waals surface area contributed by atoms with E-state index in [9.17, 15) is 4.79 Å². The highest BCUT2D eigenvalue weighted by Crippen LogP contribution is 2.37. The van der Waals surface area contributed by atoms with Crippen molar-refractivity contribution in [3.8, 4) is 0 Å². The van der Waals surface area contributed by atoms with Gasteiger partial charge in [-0.15, -0.1) is 0 Å². The quantitative estimate of drug-likeness (QED) is 0.501. The molecule has 2 aliphatic rings. The summed E-state index contributed by atoms with van der Waals surface area (Å²) in [6.07, 6.45) is 1.53. The van der Waals surface area contributed by atoms with E-state index in [1.807, 2.05) is 24.1 Å². The lowest BCUT2D eigenvalue weighted by Crippen LogP contribution is -2.47. The van der Waals surface area contributed by atoms with E-state index in [4.69, 9.17) is 28.3 Å². The molecule has 36 heavy (non-hydrogen) atoms. The lowest BCUT2D eigenvalue weighted by molar-refractivity contribution is 0.0982. The number of anilines is 5. The number of aliphatic hydroxyl groups is 1. The summed E-state index contributed by atoms with van der Waals surface area (Å²) in [6.45, 7) is 4.92. The first kappa shape index (κ1) is 24.6. The van der Waals surface area contributed by atoms with Gasteiger partial charge in [-0.25, -0.2) is 4.98 Å². The van der Waals surface area contributed by atoms with Crippen LogP contribution in [0.15, 0.2) is 48.7 Å². The molecule has 1 saturated heterocycles. The zero-order valence-electron chi connectivity index (χ0n) is 19.9. The predicted molar refractivity (Wildman–Crippen MR) is 144 cm³/mol. The second kappa shape index (κ2) is 10.5. The van der Waals surface area contributed by atoms with Gasteiger partial charge in [-0.05, 0) is 36.4 Å². The number of piperazine rings is 1. The minimum atomic E-state index is -0.256. The average Bonchev–Trinajstić information content (AvgIpc) is 2.88. The Labute approximate surface area is 219 Å². The number of carbonyl (C=O) groups excluding carboxylic acids is 1. The van der Waals surface area contributed by atoms with E-state index in [0.29, 0.717) is 33.1 Å². The van der Waals surface area contributed by atoms with Gasteiger partial charge >= 0.3 is 0 Å². The second-order valence-corrected chi connectivity index (χ2v) is 9.61. The van der Waals surface area contributed by atoms with Crippen LogP contribution in [-0.2, 0) is 0 Å². The number of β-amino-alcohol motifs (C(OH)–C–C–N with tert-alkyl or cyclic N) is 1. The van der Waals surface area contributed by atoms with Gasteiger partial charge in [-0.2, -0.15) is 4.98 Å². The molecule has 0 bridgehead atoms. The van der Waals surface area contributed by atoms with Crippen molar-refractivity contribution in [1.82, 2.24) is 14.9 Å². The normalized spacial score (nSPS) is 16.3. The Morgan fingerprint density at radius 1 is 1.03 bits per heavy atom. The standard InChI is InChI=1S/C25H27Cl2N7O2/c1-31-16-34(22-20(26)3-2-4-21(22)27)24(36)19-15-28-25(30-23(19)31)29-17-5-7-18(8-6-17)33-11-9-32(10-12-33)13-14-35/h2-8,15,35H,9-14,16H2,1H3,(H,28,29,30). The van der Waals surface area contributed by atoms with E-state index < -0.39 is 0 Å². The first-order chi connectivity index (χ1) is 17.4. The molecule has 0 spiro atoms. The highest BCUT2D eigenvalue weighted by Gasteiger charge is 2.32. The Bertz CT molecular complexity index is 1230. The fraction of sp³-hybridized carbons (Fsp3) is 0.320. The van der Waals surface area contributed by atoms with Crippen molar-refractivity contribution in [1.29, 1.82) is 0 Å². The third-order valence-electron chi connectivity index (χ3n) is 6.44. The molecule has 188 valence electrons. The van der Waals surface area contributed by atoms with Gasteiger partial charge in [0, 0.05) is 57.3 Å². The van der Waals surface area contributed by atoms with Crippen LogP contribution in [0, 0.1) is 0 Å². The average molecular weight is 528 g/mol. The van der Waals surface area contributed by atoms with Crippen molar-refractivity contribution in [3.63, 3.8) is 0 Å². The zero-order chi connectivity index (χ0) is 25.2. The Balaban J connectivity index is 1.29. The summed E-state index contributed by atoms with van der Waals surface area (Å²) in [7, 11) is 1.86. The highest BCUT2D eigenvalue weighted by atomic mass is 35.5. The fourth-order valence-electron chi connectivity index (χ4n) is 4.54. The van der Waals surface area contributed by atoms with Gasteiger partial charge in [-0.1, -0.05) is 29.3 Å². The van der Waals surface area contributed by atoms with Crippen LogP contribution in [0.4, 0.5) is 28.8 Å². The smallest absolute Gasteiger partial charge is 0.265 e. The van der Waals surface area contributed by atoms with Crippen LogP contribution in [0.25, 0.3) is 0 Å². The van der Waals surface area contributed by atoms with Gasteiger partial charge in [0.15, 0.2) is 0 Å². The Morgan fingerprint density at radius 3 is 2.39 bits per heavy atom. The molecule has 0 radical (unpaired) electrons. The van der Waals surface area contributed by atoms with Crippen LogP contribution in [0.5, 0.6) is 0 Å². The van der Waals surface area contributed by atoms with Crippen LogP contribution < -0.4 is 20.0 Å². The molecule has 0 atom stereocenters. The van der Waals surface area contributed by atoms with Crippen LogP contribution in [0.2, 0.25) is 10.0 Å². The summed E-state index contributed by atoms with van der Waals surface area (Å²) in [4.78, 5) is 30.2. The minimum Gasteiger partial charge on any atom is -0.395 e. The molecule has 3 aromatic rings. The number of nitrogens with zero attached hydrogens (tertiary/aromatic N) is 6. The molecule has 2 aromatic carbocycles. The maximum atomic E-state index is 13.2. The maximum Gasteiger partial charge on any atom is 0.265 e. The topological polar surface area (TPSA) is 88.1 Å². The number of hydrogen-bond acceptors (Lipinski definition) is 8. The van der Waals surface area contributed by atoms with Gasteiger partial charge in [0.1, 0.15) is 11.4 Å². The maximum absolute atomic E-state index is 13.2. The third-order valence-corrected chi connectivity index (χ3v) is 7.05. The molecule has 11 heteroatoms. The molecule has 2 N–H and O–H groups in total. The largest absolute Gasteiger partial charge is 0.395 e. The van der Waals surface area contributed by atoms with Crippen molar-refractivity contribution in [2.24, 2.45) is 0 Å². The molecule has 0 aliphatic carbocycles. The lowest BCUT2D eigenvalue weighted by atomic mass is 10.2. The number of aromatic nitrogens is 2. The van der Waals surface area contributed by atoms with Crippen LogP contribution >= 0.6 is 23.2 Å².